The van der Waals surface area contributed by atoms with E-state index in [9.17, 15) is 4.79 Å². The molecule has 1 fully saturated rings. The maximum atomic E-state index is 12.1. The molecule has 1 N–H and O–H groups in total. The summed E-state index contributed by atoms with van der Waals surface area (Å²) < 4.78 is 10.9. The van der Waals surface area contributed by atoms with E-state index in [2.05, 4.69) is 39.5 Å². The zero-order valence-electron chi connectivity index (χ0n) is 16.6. The molecule has 7 heteroatoms. The smallest absolute Gasteiger partial charge is 0.317 e. The molecule has 2 amide bonds. The van der Waals surface area contributed by atoms with Crippen molar-refractivity contribution in [2.24, 2.45) is 0 Å². The van der Waals surface area contributed by atoms with Gasteiger partial charge in [0.1, 0.15) is 5.52 Å². The molecule has 0 bridgehead atoms. The molecule has 2 heterocycles. The summed E-state index contributed by atoms with van der Waals surface area (Å²) in [4.78, 5) is 20.9. The summed E-state index contributed by atoms with van der Waals surface area (Å²) in [5.74, 6) is 0.711. The van der Waals surface area contributed by atoms with Crippen molar-refractivity contribution in [1.82, 2.24) is 20.1 Å². The predicted molar refractivity (Wildman–Crippen MR) is 112 cm³/mol. The molecule has 1 saturated heterocycles. The number of nitrogens with zero attached hydrogens (tertiary/aromatic N) is 3. The molecule has 152 valence electrons. The van der Waals surface area contributed by atoms with Crippen LogP contribution in [0.1, 0.15) is 5.89 Å². The maximum Gasteiger partial charge on any atom is 0.317 e. The lowest BCUT2D eigenvalue weighted by atomic mass is 10.1. The van der Waals surface area contributed by atoms with Crippen molar-refractivity contribution in [3.63, 3.8) is 0 Å². The SMILES string of the molecule is COCCNC(=O)N1CCN(Cc2nc3cc(-c4ccccc4)ccc3o2)CC1. The van der Waals surface area contributed by atoms with Crippen molar-refractivity contribution < 1.29 is 13.9 Å². The summed E-state index contributed by atoms with van der Waals surface area (Å²) in [6.07, 6.45) is 0. The number of aromatic nitrogens is 1. The van der Waals surface area contributed by atoms with Gasteiger partial charge in [-0.05, 0) is 23.3 Å². The van der Waals surface area contributed by atoms with Crippen LogP contribution in [0.25, 0.3) is 22.2 Å². The number of nitrogens with one attached hydrogen (secondary N) is 1. The Balaban J connectivity index is 1.35. The van der Waals surface area contributed by atoms with Gasteiger partial charge in [0.15, 0.2) is 5.58 Å². The molecule has 0 saturated carbocycles. The van der Waals surface area contributed by atoms with Crippen LogP contribution in [-0.4, -0.2) is 67.3 Å². The van der Waals surface area contributed by atoms with E-state index in [1.807, 2.05) is 29.2 Å². The van der Waals surface area contributed by atoms with Crippen LogP contribution < -0.4 is 5.32 Å². The number of benzene rings is 2. The number of oxazole rings is 1. The van der Waals surface area contributed by atoms with Crippen LogP contribution in [0.3, 0.4) is 0 Å². The van der Waals surface area contributed by atoms with Crippen LogP contribution in [0.4, 0.5) is 4.79 Å². The van der Waals surface area contributed by atoms with Crippen molar-refractivity contribution in [1.29, 1.82) is 0 Å². The second-order valence-electron chi connectivity index (χ2n) is 7.14. The molecule has 0 radical (unpaired) electrons. The summed E-state index contributed by atoms with van der Waals surface area (Å²) in [5, 5.41) is 2.87. The third-order valence-electron chi connectivity index (χ3n) is 5.14. The molecule has 29 heavy (non-hydrogen) atoms. The van der Waals surface area contributed by atoms with Gasteiger partial charge in [-0.3, -0.25) is 4.90 Å². The third kappa shape index (κ3) is 4.75. The van der Waals surface area contributed by atoms with Crippen molar-refractivity contribution in [2.75, 3.05) is 46.4 Å². The Bertz CT molecular complexity index is 949. The number of hydrogen-bond donors (Lipinski definition) is 1. The fraction of sp³-hybridized carbons (Fsp3) is 0.364. The summed E-state index contributed by atoms with van der Waals surface area (Å²) in [7, 11) is 1.62. The minimum absolute atomic E-state index is 0.0306. The highest BCUT2D eigenvalue weighted by atomic mass is 16.5. The van der Waals surface area contributed by atoms with Gasteiger partial charge in [-0.2, -0.15) is 0 Å². The van der Waals surface area contributed by atoms with Crippen LogP contribution >= 0.6 is 0 Å². The van der Waals surface area contributed by atoms with Gasteiger partial charge < -0.3 is 19.4 Å². The zero-order valence-corrected chi connectivity index (χ0v) is 16.6. The number of hydrogen-bond acceptors (Lipinski definition) is 5. The first kappa shape index (κ1) is 19.4. The van der Waals surface area contributed by atoms with Crippen LogP contribution in [0.5, 0.6) is 0 Å². The number of amides is 2. The van der Waals surface area contributed by atoms with E-state index in [-0.39, 0.29) is 6.03 Å². The largest absolute Gasteiger partial charge is 0.439 e. The highest BCUT2D eigenvalue weighted by Gasteiger charge is 2.22. The van der Waals surface area contributed by atoms with E-state index in [0.717, 1.165) is 29.8 Å². The lowest BCUT2D eigenvalue weighted by molar-refractivity contribution is 0.126. The van der Waals surface area contributed by atoms with Crippen molar-refractivity contribution in [3.8, 4) is 11.1 Å². The fourth-order valence-electron chi connectivity index (χ4n) is 3.53. The summed E-state index contributed by atoms with van der Waals surface area (Å²) >= 11 is 0. The van der Waals surface area contributed by atoms with Gasteiger partial charge in [-0.25, -0.2) is 9.78 Å². The van der Waals surface area contributed by atoms with Gasteiger partial charge in [0.2, 0.25) is 5.89 Å². The van der Waals surface area contributed by atoms with Gasteiger partial charge in [-0.15, -0.1) is 0 Å². The van der Waals surface area contributed by atoms with E-state index in [4.69, 9.17) is 9.15 Å². The van der Waals surface area contributed by atoms with E-state index in [1.54, 1.807) is 7.11 Å². The highest BCUT2D eigenvalue weighted by Crippen LogP contribution is 2.25. The summed E-state index contributed by atoms with van der Waals surface area (Å²) in [6.45, 7) is 4.68. The molecule has 1 aliphatic rings. The number of carbonyl (C=O) groups excluding carboxylic acids is 1. The monoisotopic (exact) mass is 394 g/mol. The number of fused-ring (bicyclic) bond motifs is 1. The van der Waals surface area contributed by atoms with Gasteiger partial charge >= 0.3 is 6.03 Å². The molecule has 0 aliphatic carbocycles. The van der Waals surface area contributed by atoms with Gasteiger partial charge in [-0.1, -0.05) is 36.4 Å². The minimum atomic E-state index is -0.0306. The van der Waals surface area contributed by atoms with E-state index in [1.165, 1.54) is 5.56 Å². The number of rotatable bonds is 6. The molecular weight excluding hydrogens is 368 g/mol. The van der Waals surface area contributed by atoms with Crippen molar-refractivity contribution >= 4 is 17.1 Å². The van der Waals surface area contributed by atoms with Crippen molar-refractivity contribution in [2.45, 2.75) is 6.54 Å². The maximum absolute atomic E-state index is 12.1. The van der Waals surface area contributed by atoms with Crippen LogP contribution in [0.15, 0.2) is 52.9 Å². The van der Waals surface area contributed by atoms with Crippen molar-refractivity contribution in [3.05, 3.63) is 54.4 Å². The Hall–Kier alpha value is -2.90. The van der Waals surface area contributed by atoms with Gasteiger partial charge in [0.25, 0.3) is 0 Å². The van der Waals surface area contributed by atoms with Crippen LogP contribution in [0.2, 0.25) is 0 Å². The Kier molecular flexibility index (Phi) is 6.07. The first-order valence-electron chi connectivity index (χ1n) is 9.92. The van der Waals surface area contributed by atoms with E-state index < -0.39 is 0 Å². The lowest BCUT2D eigenvalue weighted by Crippen LogP contribution is -2.51. The van der Waals surface area contributed by atoms with Crippen LogP contribution in [-0.2, 0) is 11.3 Å². The normalized spacial score (nSPS) is 15.0. The molecule has 0 unspecified atom stereocenters. The number of urea groups is 1. The quantitative estimate of drug-likeness (QED) is 0.651. The average Bonchev–Trinajstić information content (AvgIpc) is 3.16. The lowest BCUT2D eigenvalue weighted by Gasteiger charge is -2.33. The number of carbonyl (C=O) groups is 1. The molecule has 1 aliphatic heterocycles. The minimum Gasteiger partial charge on any atom is -0.439 e. The number of ether oxygens (including phenoxy) is 1. The second kappa shape index (κ2) is 9.07. The Labute approximate surface area is 170 Å². The van der Waals surface area contributed by atoms with Crippen LogP contribution in [0, 0.1) is 0 Å². The molecular formula is C22H26N4O3. The molecule has 7 nitrogen and oxygen atoms in total. The standard InChI is InChI=1S/C22H26N4O3/c1-28-14-9-23-22(27)26-12-10-25(11-13-26)16-21-24-19-15-18(7-8-20(19)29-21)17-5-3-2-4-6-17/h2-8,15H,9-14,16H2,1H3,(H,23,27). The Morgan fingerprint density at radius 3 is 2.66 bits per heavy atom. The first-order chi connectivity index (χ1) is 14.2. The molecule has 3 aromatic rings. The zero-order chi connectivity index (χ0) is 20.1. The van der Waals surface area contributed by atoms with Gasteiger partial charge in [0, 0.05) is 39.8 Å². The van der Waals surface area contributed by atoms with E-state index >= 15 is 0 Å². The molecule has 0 atom stereocenters. The number of methoxy groups -OCH3 is 1. The fourth-order valence-corrected chi connectivity index (χ4v) is 3.53. The summed E-state index contributed by atoms with van der Waals surface area (Å²) in [6, 6.07) is 16.3. The average molecular weight is 394 g/mol. The number of piperazine rings is 1. The van der Waals surface area contributed by atoms with E-state index in [0.29, 0.717) is 38.7 Å². The Morgan fingerprint density at radius 2 is 1.90 bits per heavy atom. The topological polar surface area (TPSA) is 70.8 Å². The predicted octanol–water partition coefficient (Wildman–Crippen LogP) is 2.97. The highest BCUT2D eigenvalue weighted by molar-refractivity contribution is 5.80. The molecule has 1 aromatic heterocycles. The molecule has 4 rings (SSSR count). The second-order valence-corrected chi connectivity index (χ2v) is 7.14. The third-order valence-corrected chi connectivity index (χ3v) is 5.14. The van der Waals surface area contributed by atoms with Gasteiger partial charge in [0.05, 0.1) is 13.2 Å². The summed E-state index contributed by atoms with van der Waals surface area (Å²) in [5.41, 5.74) is 3.97. The first-order valence-corrected chi connectivity index (χ1v) is 9.92. The molecule has 0 spiro atoms. The molecule has 2 aromatic carbocycles. The Morgan fingerprint density at radius 1 is 1.10 bits per heavy atom.